The SMILES string of the molecule is Cc1noc(C)c1NC(=O)C1CC1c1cccc(Cl)c1Cl. The normalized spacial score (nSPS) is 20.4. The highest BCUT2D eigenvalue weighted by molar-refractivity contribution is 6.42. The zero-order valence-electron chi connectivity index (χ0n) is 11.6. The molecule has 4 nitrogen and oxygen atoms in total. The first-order valence-corrected chi connectivity index (χ1v) is 7.42. The summed E-state index contributed by atoms with van der Waals surface area (Å²) in [7, 11) is 0. The van der Waals surface area contributed by atoms with Crippen molar-refractivity contribution < 1.29 is 9.32 Å². The van der Waals surface area contributed by atoms with Gasteiger partial charge in [-0.25, -0.2) is 0 Å². The van der Waals surface area contributed by atoms with Crippen LogP contribution in [0.15, 0.2) is 22.7 Å². The van der Waals surface area contributed by atoms with Crippen molar-refractivity contribution >= 4 is 34.8 Å². The molecular formula is C15H14Cl2N2O2. The number of amides is 1. The van der Waals surface area contributed by atoms with Gasteiger partial charge in [0, 0.05) is 5.92 Å². The van der Waals surface area contributed by atoms with Gasteiger partial charge in [0.25, 0.3) is 0 Å². The summed E-state index contributed by atoms with van der Waals surface area (Å²) >= 11 is 12.2. The molecule has 0 bridgehead atoms. The Morgan fingerprint density at radius 3 is 2.81 bits per heavy atom. The highest BCUT2D eigenvalue weighted by Gasteiger charge is 2.45. The first-order chi connectivity index (χ1) is 9.99. The van der Waals surface area contributed by atoms with Crippen LogP contribution in [0.4, 0.5) is 5.69 Å². The molecule has 0 spiro atoms. The Labute approximate surface area is 132 Å². The third-order valence-electron chi connectivity index (χ3n) is 3.79. The molecule has 1 heterocycles. The van der Waals surface area contributed by atoms with Crippen molar-refractivity contribution in [3.8, 4) is 0 Å². The summed E-state index contributed by atoms with van der Waals surface area (Å²) in [5, 5.41) is 7.76. The molecule has 2 atom stereocenters. The Balaban J connectivity index is 1.73. The standard InChI is InChI=1S/C15H14Cl2N2O2/c1-7-14(8(2)21-19-7)18-15(20)11-6-10(11)9-4-3-5-12(16)13(9)17/h3-5,10-11H,6H2,1-2H3,(H,18,20). The Morgan fingerprint density at radius 1 is 1.38 bits per heavy atom. The number of carbonyl (C=O) groups excluding carboxylic acids is 1. The third kappa shape index (κ3) is 2.65. The Morgan fingerprint density at radius 2 is 2.14 bits per heavy atom. The van der Waals surface area contributed by atoms with Gasteiger partial charge in [-0.15, -0.1) is 0 Å². The van der Waals surface area contributed by atoms with Crippen molar-refractivity contribution in [1.82, 2.24) is 5.16 Å². The van der Waals surface area contributed by atoms with Gasteiger partial charge in [0.05, 0.1) is 10.0 Å². The van der Waals surface area contributed by atoms with E-state index >= 15 is 0 Å². The minimum atomic E-state index is -0.0883. The summed E-state index contributed by atoms with van der Waals surface area (Å²) < 4.78 is 5.04. The average molecular weight is 325 g/mol. The van der Waals surface area contributed by atoms with E-state index in [4.69, 9.17) is 27.7 Å². The van der Waals surface area contributed by atoms with Crippen LogP contribution in [-0.4, -0.2) is 11.1 Å². The van der Waals surface area contributed by atoms with E-state index in [1.165, 1.54) is 0 Å². The molecule has 6 heteroatoms. The molecule has 1 aliphatic rings. The first kappa shape index (κ1) is 14.4. The molecule has 1 amide bonds. The lowest BCUT2D eigenvalue weighted by Gasteiger charge is -2.06. The fourth-order valence-electron chi connectivity index (χ4n) is 2.51. The number of aryl methyl sites for hydroxylation is 2. The number of benzene rings is 1. The Hall–Kier alpha value is -1.52. The molecule has 1 N–H and O–H groups in total. The number of nitrogens with one attached hydrogen (secondary N) is 1. The molecule has 1 fully saturated rings. The van der Waals surface area contributed by atoms with Crippen LogP contribution in [0, 0.1) is 19.8 Å². The van der Waals surface area contributed by atoms with Gasteiger partial charge >= 0.3 is 0 Å². The van der Waals surface area contributed by atoms with E-state index < -0.39 is 0 Å². The molecular weight excluding hydrogens is 311 g/mol. The number of nitrogens with zero attached hydrogens (tertiary/aromatic N) is 1. The smallest absolute Gasteiger partial charge is 0.228 e. The van der Waals surface area contributed by atoms with E-state index in [-0.39, 0.29) is 17.7 Å². The van der Waals surface area contributed by atoms with Crippen molar-refractivity contribution in [2.45, 2.75) is 26.2 Å². The number of anilines is 1. The van der Waals surface area contributed by atoms with Gasteiger partial charge in [-0.3, -0.25) is 4.79 Å². The second kappa shape index (κ2) is 5.35. The molecule has 0 saturated heterocycles. The lowest BCUT2D eigenvalue weighted by molar-refractivity contribution is -0.117. The van der Waals surface area contributed by atoms with E-state index in [2.05, 4.69) is 10.5 Å². The largest absolute Gasteiger partial charge is 0.359 e. The van der Waals surface area contributed by atoms with Gasteiger partial charge in [-0.1, -0.05) is 40.5 Å². The number of halogens is 2. The van der Waals surface area contributed by atoms with Crippen molar-refractivity contribution in [1.29, 1.82) is 0 Å². The van der Waals surface area contributed by atoms with E-state index in [9.17, 15) is 4.79 Å². The Bertz CT molecular complexity index is 692. The number of hydrogen-bond donors (Lipinski definition) is 1. The quantitative estimate of drug-likeness (QED) is 0.913. The molecule has 3 rings (SSSR count). The summed E-state index contributed by atoms with van der Waals surface area (Å²) in [5.41, 5.74) is 2.27. The van der Waals surface area contributed by atoms with Gasteiger partial charge in [-0.05, 0) is 37.8 Å². The molecule has 1 aromatic heterocycles. The predicted molar refractivity (Wildman–Crippen MR) is 81.9 cm³/mol. The van der Waals surface area contributed by atoms with E-state index in [1.807, 2.05) is 12.1 Å². The third-order valence-corrected chi connectivity index (χ3v) is 4.62. The topological polar surface area (TPSA) is 55.1 Å². The highest BCUT2D eigenvalue weighted by atomic mass is 35.5. The first-order valence-electron chi connectivity index (χ1n) is 6.66. The minimum Gasteiger partial charge on any atom is -0.359 e. The number of rotatable bonds is 3. The molecule has 2 aromatic rings. The fraction of sp³-hybridized carbons (Fsp3) is 0.333. The minimum absolute atomic E-state index is 0.0366. The summed E-state index contributed by atoms with van der Waals surface area (Å²) in [6.07, 6.45) is 0.773. The molecule has 110 valence electrons. The van der Waals surface area contributed by atoms with Gasteiger partial charge in [0.15, 0.2) is 5.76 Å². The fourth-order valence-corrected chi connectivity index (χ4v) is 2.96. The van der Waals surface area contributed by atoms with Gasteiger partial charge < -0.3 is 9.84 Å². The zero-order valence-corrected chi connectivity index (χ0v) is 13.1. The lowest BCUT2D eigenvalue weighted by atomic mass is 10.1. The van der Waals surface area contributed by atoms with E-state index in [1.54, 1.807) is 19.9 Å². The molecule has 0 aliphatic heterocycles. The highest BCUT2D eigenvalue weighted by Crippen LogP contribution is 2.51. The second-order valence-corrected chi connectivity index (χ2v) is 6.07. The molecule has 1 aliphatic carbocycles. The summed E-state index contributed by atoms with van der Waals surface area (Å²) in [5.74, 6) is 0.607. The molecule has 21 heavy (non-hydrogen) atoms. The maximum absolute atomic E-state index is 12.3. The van der Waals surface area contributed by atoms with E-state index in [0.29, 0.717) is 27.2 Å². The average Bonchev–Trinajstić information content (AvgIpc) is 3.19. The van der Waals surface area contributed by atoms with Crippen LogP contribution in [-0.2, 0) is 4.79 Å². The number of aromatic nitrogens is 1. The Kier molecular flexibility index (Phi) is 3.68. The van der Waals surface area contributed by atoms with Crippen LogP contribution in [0.25, 0.3) is 0 Å². The maximum atomic E-state index is 12.3. The number of carbonyl (C=O) groups is 1. The van der Waals surface area contributed by atoms with Gasteiger partial charge in [0.2, 0.25) is 5.91 Å². The van der Waals surface area contributed by atoms with Crippen LogP contribution in [0.2, 0.25) is 10.0 Å². The van der Waals surface area contributed by atoms with Crippen LogP contribution in [0.1, 0.15) is 29.4 Å². The molecule has 1 aromatic carbocycles. The second-order valence-electron chi connectivity index (χ2n) is 5.28. The zero-order chi connectivity index (χ0) is 15.1. The van der Waals surface area contributed by atoms with Crippen molar-refractivity contribution in [2.75, 3.05) is 5.32 Å². The summed E-state index contributed by atoms with van der Waals surface area (Å²) in [4.78, 5) is 12.3. The van der Waals surface area contributed by atoms with Crippen molar-refractivity contribution in [2.24, 2.45) is 5.92 Å². The van der Waals surface area contributed by atoms with Crippen LogP contribution < -0.4 is 5.32 Å². The molecule has 2 unspecified atom stereocenters. The van der Waals surface area contributed by atoms with Crippen molar-refractivity contribution in [3.63, 3.8) is 0 Å². The lowest BCUT2D eigenvalue weighted by Crippen LogP contribution is -2.15. The van der Waals surface area contributed by atoms with Gasteiger partial charge in [-0.2, -0.15) is 0 Å². The van der Waals surface area contributed by atoms with Crippen LogP contribution in [0.3, 0.4) is 0 Å². The van der Waals surface area contributed by atoms with Crippen molar-refractivity contribution in [3.05, 3.63) is 45.3 Å². The summed E-state index contributed by atoms with van der Waals surface area (Å²) in [6, 6.07) is 5.52. The van der Waals surface area contributed by atoms with Crippen LogP contribution >= 0.6 is 23.2 Å². The summed E-state index contributed by atoms with van der Waals surface area (Å²) in [6.45, 7) is 3.57. The molecule has 0 radical (unpaired) electrons. The van der Waals surface area contributed by atoms with E-state index in [0.717, 1.165) is 12.0 Å². The van der Waals surface area contributed by atoms with Crippen LogP contribution in [0.5, 0.6) is 0 Å². The monoisotopic (exact) mass is 324 g/mol. The number of hydrogen-bond acceptors (Lipinski definition) is 3. The van der Waals surface area contributed by atoms with Gasteiger partial charge in [0.1, 0.15) is 11.4 Å². The molecule has 1 saturated carbocycles. The maximum Gasteiger partial charge on any atom is 0.228 e. The predicted octanol–water partition coefficient (Wildman–Crippen LogP) is 4.34.